The highest BCUT2D eigenvalue weighted by atomic mass is 79.9. The monoisotopic (exact) mass is 613 g/mol. The third kappa shape index (κ3) is 8.93. The number of amides is 2. The van der Waals surface area contributed by atoms with E-state index in [2.05, 4.69) is 21.2 Å². The average Bonchev–Trinajstić information content (AvgIpc) is 2.83. The van der Waals surface area contributed by atoms with Crippen LogP contribution in [0.25, 0.3) is 0 Å². The number of hydrogen-bond acceptors (Lipinski definition) is 4. The lowest BCUT2D eigenvalue weighted by Gasteiger charge is -2.34. The molecule has 208 valence electrons. The maximum atomic E-state index is 14.1. The first-order valence-corrected chi connectivity index (χ1v) is 15.4. The summed E-state index contributed by atoms with van der Waals surface area (Å²) in [5.41, 5.74) is 3.89. The number of rotatable bonds is 11. The van der Waals surface area contributed by atoms with Crippen molar-refractivity contribution in [1.29, 1.82) is 0 Å². The van der Waals surface area contributed by atoms with Crippen LogP contribution in [0.3, 0.4) is 0 Å². The molecule has 0 aliphatic heterocycles. The Balaban J connectivity index is 2.07. The molecule has 0 aromatic heterocycles. The minimum absolute atomic E-state index is 0.131. The summed E-state index contributed by atoms with van der Waals surface area (Å²) in [5.74, 6) is -0.770. The second kappa shape index (κ2) is 13.3. The minimum Gasteiger partial charge on any atom is -0.352 e. The van der Waals surface area contributed by atoms with E-state index in [0.717, 1.165) is 37.3 Å². The van der Waals surface area contributed by atoms with Gasteiger partial charge in [0, 0.05) is 23.5 Å². The van der Waals surface area contributed by atoms with Gasteiger partial charge in [-0.15, -0.1) is 0 Å². The van der Waals surface area contributed by atoms with Gasteiger partial charge in [-0.25, -0.2) is 8.42 Å². The molecule has 0 saturated heterocycles. The van der Waals surface area contributed by atoms with Gasteiger partial charge in [0.1, 0.15) is 12.6 Å². The number of carbonyl (C=O) groups excluding carboxylic acids is 2. The highest BCUT2D eigenvalue weighted by Gasteiger charge is 2.33. The molecular formula is C30H36BrN3O4S. The van der Waals surface area contributed by atoms with Crippen molar-refractivity contribution in [1.82, 2.24) is 10.2 Å². The zero-order valence-electron chi connectivity index (χ0n) is 23.0. The van der Waals surface area contributed by atoms with Gasteiger partial charge in [-0.1, -0.05) is 64.5 Å². The minimum atomic E-state index is -3.81. The molecule has 0 fully saturated rings. The topological polar surface area (TPSA) is 86.8 Å². The molecule has 2 amide bonds. The van der Waals surface area contributed by atoms with Crippen LogP contribution >= 0.6 is 15.9 Å². The van der Waals surface area contributed by atoms with E-state index in [9.17, 15) is 18.0 Å². The van der Waals surface area contributed by atoms with Crippen molar-refractivity contribution in [3.8, 4) is 0 Å². The van der Waals surface area contributed by atoms with Crippen LogP contribution in [-0.4, -0.2) is 50.0 Å². The second-order valence-electron chi connectivity index (χ2n) is 10.1. The van der Waals surface area contributed by atoms with Crippen molar-refractivity contribution in [2.75, 3.05) is 17.1 Å². The van der Waals surface area contributed by atoms with Gasteiger partial charge in [0.2, 0.25) is 21.8 Å². The highest BCUT2D eigenvalue weighted by molar-refractivity contribution is 9.10. The van der Waals surface area contributed by atoms with Crippen molar-refractivity contribution in [2.24, 2.45) is 0 Å². The lowest BCUT2D eigenvalue weighted by molar-refractivity contribution is -0.140. The number of aryl methyl sites for hydroxylation is 2. The van der Waals surface area contributed by atoms with Gasteiger partial charge in [-0.2, -0.15) is 0 Å². The molecule has 0 heterocycles. The maximum absolute atomic E-state index is 14.1. The van der Waals surface area contributed by atoms with Crippen LogP contribution in [0, 0.1) is 13.8 Å². The van der Waals surface area contributed by atoms with Crippen molar-refractivity contribution < 1.29 is 18.0 Å². The van der Waals surface area contributed by atoms with E-state index >= 15 is 0 Å². The molecule has 39 heavy (non-hydrogen) atoms. The van der Waals surface area contributed by atoms with Gasteiger partial charge in [-0.05, 0) is 74.2 Å². The standard InChI is InChI=1S/C30H36BrN3O4S/c1-21(2)32-30(36)28(18-24-10-7-6-8-11-24)33(19-25-12-9-13-26(31)17-25)29(35)20-34(39(5,37)38)27-15-22(3)14-23(4)16-27/h6-17,21,28H,18-20H2,1-5H3,(H,32,36). The summed E-state index contributed by atoms with van der Waals surface area (Å²) in [7, 11) is -3.81. The van der Waals surface area contributed by atoms with Crippen LogP contribution in [-0.2, 0) is 32.6 Å². The van der Waals surface area contributed by atoms with Gasteiger partial charge >= 0.3 is 0 Å². The Hall–Kier alpha value is -3.17. The third-order valence-corrected chi connectivity index (χ3v) is 7.75. The predicted octanol–water partition coefficient (Wildman–Crippen LogP) is 5.00. The Bertz CT molecular complexity index is 1390. The summed E-state index contributed by atoms with van der Waals surface area (Å²) in [5, 5.41) is 2.95. The largest absolute Gasteiger partial charge is 0.352 e. The molecule has 3 aromatic carbocycles. The highest BCUT2D eigenvalue weighted by Crippen LogP contribution is 2.23. The normalized spacial score (nSPS) is 12.2. The zero-order chi connectivity index (χ0) is 28.7. The van der Waals surface area contributed by atoms with Crippen LogP contribution in [0.15, 0.2) is 77.3 Å². The van der Waals surface area contributed by atoms with E-state index in [0.29, 0.717) is 5.69 Å². The summed E-state index contributed by atoms with van der Waals surface area (Å²) in [6.45, 7) is 7.18. The molecule has 0 radical (unpaired) electrons. The van der Waals surface area contributed by atoms with E-state index in [4.69, 9.17) is 0 Å². The predicted molar refractivity (Wildman–Crippen MR) is 160 cm³/mol. The third-order valence-electron chi connectivity index (χ3n) is 6.12. The first-order chi connectivity index (χ1) is 18.3. The quantitative estimate of drug-likeness (QED) is 0.330. The van der Waals surface area contributed by atoms with E-state index in [1.54, 1.807) is 12.1 Å². The number of nitrogens with one attached hydrogen (secondary N) is 1. The van der Waals surface area contributed by atoms with Crippen molar-refractivity contribution >= 4 is 43.5 Å². The van der Waals surface area contributed by atoms with Gasteiger partial charge in [0.25, 0.3) is 0 Å². The van der Waals surface area contributed by atoms with Crippen LogP contribution in [0.1, 0.15) is 36.1 Å². The summed E-state index contributed by atoms with van der Waals surface area (Å²) >= 11 is 3.48. The average molecular weight is 615 g/mol. The number of carbonyl (C=O) groups is 2. The molecule has 7 nitrogen and oxygen atoms in total. The lowest BCUT2D eigenvalue weighted by atomic mass is 10.0. The number of halogens is 1. The molecule has 0 aliphatic rings. The first-order valence-electron chi connectivity index (χ1n) is 12.8. The molecular weight excluding hydrogens is 578 g/mol. The fourth-order valence-electron chi connectivity index (χ4n) is 4.48. The molecule has 0 saturated carbocycles. The SMILES string of the molecule is Cc1cc(C)cc(N(CC(=O)N(Cc2cccc(Br)c2)C(Cc2ccccc2)C(=O)NC(C)C)S(C)(=O)=O)c1. The van der Waals surface area contributed by atoms with Crippen molar-refractivity contribution in [3.05, 3.63) is 99.5 Å². The van der Waals surface area contributed by atoms with E-state index in [-0.39, 0.29) is 24.9 Å². The van der Waals surface area contributed by atoms with Crippen LogP contribution in [0.5, 0.6) is 0 Å². The molecule has 0 bridgehead atoms. The molecule has 0 aliphatic carbocycles. The van der Waals surface area contributed by atoms with Crippen molar-refractivity contribution in [2.45, 2.75) is 52.7 Å². The number of benzene rings is 3. The summed E-state index contributed by atoms with van der Waals surface area (Å²) in [6, 6.07) is 21.4. The number of nitrogens with zero attached hydrogens (tertiary/aromatic N) is 2. The summed E-state index contributed by atoms with van der Waals surface area (Å²) in [6.07, 6.45) is 1.37. The fraction of sp³-hybridized carbons (Fsp3) is 0.333. The Kier molecular flexibility index (Phi) is 10.3. The van der Waals surface area contributed by atoms with Crippen molar-refractivity contribution in [3.63, 3.8) is 0 Å². The maximum Gasteiger partial charge on any atom is 0.244 e. The zero-order valence-corrected chi connectivity index (χ0v) is 25.4. The molecule has 1 unspecified atom stereocenters. The summed E-state index contributed by atoms with van der Waals surface area (Å²) < 4.78 is 27.8. The summed E-state index contributed by atoms with van der Waals surface area (Å²) in [4.78, 5) is 29.1. The van der Waals surface area contributed by atoms with Gasteiger partial charge < -0.3 is 10.2 Å². The smallest absolute Gasteiger partial charge is 0.244 e. The number of hydrogen-bond donors (Lipinski definition) is 1. The molecule has 3 rings (SSSR count). The Morgan fingerprint density at radius 3 is 2.08 bits per heavy atom. The van der Waals surface area contributed by atoms with Crippen LogP contribution < -0.4 is 9.62 Å². The molecule has 0 spiro atoms. The Morgan fingerprint density at radius 1 is 0.897 bits per heavy atom. The number of anilines is 1. The molecule has 1 N–H and O–H groups in total. The molecule has 3 aromatic rings. The van der Waals surface area contributed by atoms with E-state index in [1.165, 1.54) is 4.90 Å². The molecule has 1 atom stereocenters. The van der Waals surface area contributed by atoms with Gasteiger partial charge in [0.05, 0.1) is 11.9 Å². The van der Waals surface area contributed by atoms with E-state index in [1.807, 2.05) is 88.4 Å². The Morgan fingerprint density at radius 2 is 1.51 bits per heavy atom. The van der Waals surface area contributed by atoms with Gasteiger partial charge in [0.15, 0.2) is 0 Å². The van der Waals surface area contributed by atoms with Crippen LogP contribution in [0.2, 0.25) is 0 Å². The second-order valence-corrected chi connectivity index (χ2v) is 13.0. The van der Waals surface area contributed by atoms with Crippen LogP contribution in [0.4, 0.5) is 5.69 Å². The molecule has 9 heteroatoms. The first kappa shape index (κ1) is 30.4. The number of sulfonamides is 1. The fourth-order valence-corrected chi connectivity index (χ4v) is 5.75. The lowest BCUT2D eigenvalue weighted by Crippen LogP contribution is -2.54. The van der Waals surface area contributed by atoms with E-state index < -0.39 is 28.5 Å². The Labute approximate surface area is 240 Å². The van der Waals surface area contributed by atoms with Gasteiger partial charge in [-0.3, -0.25) is 13.9 Å².